The largest absolute Gasteiger partial charge is 0.469 e. The highest BCUT2D eigenvalue weighted by Gasteiger charge is 2.13. The second kappa shape index (κ2) is 6.46. The van der Waals surface area contributed by atoms with E-state index in [0.29, 0.717) is 11.4 Å². The van der Waals surface area contributed by atoms with Gasteiger partial charge < -0.3 is 4.74 Å². The molecule has 0 spiro atoms. The minimum absolute atomic E-state index is 0.0515. The Balaban J connectivity index is 2.61. The molecule has 1 heterocycles. The Kier molecular flexibility index (Phi) is 5.22. The van der Waals surface area contributed by atoms with Gasteiger partial charge in [0, 0.05) is 17.8 Å². The van der Waals surface area contributed by atoms with Gasteiger partial charge in [-0.15, -0.1) is 0 Å². The van der Waals surface area contributed by atoms with E-state index in [0.717, 1.165) is 0 Å². The first-order valence-corrected chi connectivity index (χ1v) is 7.37. The number of esters is 1. The number of rotatable bonds is 6. The summed E-state index contributed by atoms with van der Waals surface area (Å²) in [6.07, 6.45) is 0.248. The molecule has 19 heavy (non-hydrogen) atoms. The molecule has 0 fully saturated rings. The molecule has 0 saturated heterocycles. The summed E-state index contributed by atoms with van der Waals surface area (Å²) in [6, 6.07) is 1.75. The van der Waals surface area contributed by atoms with Crippen molar-refractivity contribution in [1.82, 2.24) is 9.97 Å². The van der Waals surface area contributed by atoms with Crippen molar-refractivity contribution in [2.75, 3.05) is 17.6 Å². The van der Waals surface area contributed by atoms with E-state index in [-0.39, 0.29) is 24.5 Å². The average Bonchev–Trinajstić information content (AvgIpc) is 2.26. The van der Waals surface area contributed by atoms with Crippen LogP contribution in [0.15, 0.2) is 6.07 Å². The Hall–Kier alpha value is -1.70. The summed E-state index contributed by atoms with van der Waals surface area (Å²) < 4.78 is 30.2. The average molecular weight is 287 g/mol. The lowest BCUT2D eigenvalue weighted by Gasteiger charge is -2.07. The van der Waals surface area contributed by atoms with Crippen LogP contribution in [0.5, 0.6) is 0 Å². The zero-order chi connectivity index (χ0) is 14.5. The molecule has 0 aliphatic heterocycles. The number of methoxy groups -OCH3 is 1. The molecule has 106 valence electrons. The van der Waals surface area contributed by atoms with E-state index < -0.39 is 16.0 Å². The maximum Gasteiger partial charge on any atom is 0.305 e. The molecule has 1 rings (SSSR count). The van der Waals surface area contributed by atoms with Crippen LogP contribution in [-0.2, 0) is 19.6 Å². The van der Waals surface area contributed by atoms with E-state index in [1.165, 1.54) is 7.11 Å². The van der Waals surface area contributed by atoms with Gasteiger partial charge >= 0.3 is 5.97 Å². The first kappa shape index (κ1) is 15.4. The highest BCUT2D eigenvalue weighted by Crippen LogP contribution is 2.07. The number of hydrogen-bond donors (Lipinski definition) is 1. The molecular weight excluding hydrogens is 270 g/mol. The van der Waals surface area contributed by atoms with Gasteiger partial charge in [0.2, 0.25) is 16.0 Å². The monoisotopic (exact) mass is 287 g/mol. The summed E-state index contributed by atoms with van der Waals surface area (Å²) in [4.78, 5) is 18.9. The maximum absolute atomic E-state index is 11.7. The quantitative estimate of drug-likeness (QED) is 0.777. The summed E-state index contributed by atoms with van der Waals surface area (Å²) in [5, 5.41) is 0. The standard InChI is InChI=1S/C11H17N3O4S/c1-8-7-9(2)13-11(12-8)14-19(16,17)6-4-5-10(15)18-3/h7H,4-6H2,1-3H3,(H,12,13,14). The van der Waals surface area contributed by atoms with Crippen molar-refractivity contribution in [3.63, 3.8) is 0 Å². The zero-order valence-electron chi connectivity index (χ0n) is 11.1. The van der Waals surface area contributed by atoms with Crippen LogP contribution in [0.4, 0.5) is 5.95 Å². The zero-order valence-corrected chi connectivity index (χ0v) is 12.0. The number of aromatic nitrogens is 2. The Morgan fingerprint density at radius 3 is 2.42 bits per heavy atom. The van der Waals surface area contributed by atoms with Crippen molar-refractivity contribution in [3.8, 4) is 0 Å². The SMILES string of the molecule is COC(=O)CCCS(=O)(=O)Nc1nc(C)cc(C)n1. The van der Waals surface area contributed by atoms with E-state index in [9.17, 15) is 13.2 Å². The molecular formula is C11H17N3O4S. The molecule has 0 atom stereocenters. The first-order chi connectivity index (χ1) is 8.82. The van der Waals surface area contributed by atoms with Gasteiger partial charge in [0.25, 0.3) is 0 Å². The number of anilines is 1. The molecule has 1 N–H and O–H groups in total. The van der Waals surface area contributed by atoms with Gasteiger partial charge in [-0.2, -0.15) is 0 Å². The van der Waals surface area contributed by atoms with Crippen LogP contribution in [0.2, 0.25) is 0 Å². The molecule has 0 unspecified atom stereocenters. The van der Waals surface area contributed by atoms with Crippen LogP contribution in [-0.4, -0.2) is 37.2 Å². The van der Waals surface area contributed by atoms with Crippen LogP contribution in [0.1, 0.15) is 24.2 Å². The molecule has 0 bridgehead atoms. The highest BCUT2D eigenvalue weighted by atomic mass is 32.2. The van der Waals surface area contributed by atoms with Gasteiger partial charge in [-0.1, -0.05) is 0 Å². The number of sulfonamides is 1. The molecule has 7 nitrogen and oxygen atoms in total. The predicted octanol–water partition coefficient (Wildman–Crippen LogP) is 0.788. The van der Waals surface area contributed by atoms with E-state index in [1.54, 1.807) is 19.9 Å². The van der Waals surface area contributed by atoms with Gasteiger partial charge in [-0.05, 0) is 26.3 Å². The van der Waals surface area contributed by atoms with Crippen molar-refractivity contribution in [3.05, 3.63) is 17.5 Å². The Morgan fingerprint density at radius 2 is 1.89 bits per heavy atom. The third-order valence-electron chi connectivity index (χ3n) is 2.25. The number of nitrogens with one attached hydrogen (secondary N) is 1. The number of carbonyl (C=O) groups is 1. The molecule has 1 aromatic heterocycles. The van der Waals surface area contributed by atoms with Gasteiger partial charge in [0.05, 0.1) is 12.9 Å². The van der Waals surface area contributed by atoms with Crippen molar-refractivity contribution in [1.29, 1.82) is 0 Å². The Morgan fingerprint density at radius 1 is 1.32 bits per heavy atom. The fourth-order valence-electron chi connectivity index (χ4n) is 1.47. The molecule has 8 heteroatoms. The summed E-state index contributed by atoms with van der Waals surface area (Å²) >= 11 is 0. The lowest BCUT2D eigenvalue weighted by atomic mass is 10.3. The lowest BCUT2D eigenvalue weighted by molar-refractivity contribution is -0.140. The third kappa shape index (κ3) is 5.64. The van der Waals surface area contributed by atoms with Gasteiger partial charge in [-0.3, -0.25) is 9.52 Å². The number of nitrogens with zero attached hydrogens (tertiary/aromatic N) is 2. The topological polar surface area (TPSA) is 98.2 Å². The van der Waals surface area contributed by atoms with Crippen molar-refractivity contribution < 1.29 is 17.9 Å². The predicted molar refractivity (Wildman–Crippen MR) is 70.2 cm³/mol. The number of carbonyl (C=O) groups excluding carboxylic acids is 1. The Bertz CT molecular complexity index is 537. The van der Waals surface area contributed by atoms with Crippen LogP contribution >= 0.6 is 0 Å². The van der Waals surface area contributed by atoms with Gasteiger partial charge in [0.1, 0.15) is 0 Å². The smallest absolute Gasteiger partial charge is 0.305 e. The normalized spacial score (nSPS) is 11.1. The molecule has 1 aromatic rings. The third-order valence-corrected chi connectivity index (χ3v) is 3.57. The fraction of sp³-hybridized carbons (Fsp3) is 0.545. The van der Waals surface area contributed by atoms with Crippen LogP contribution in [0, 0.1) is 13.8 Å². The molecule has 0 aromatic carbocycles. The molecule has 0 saturated carbocycles. The Labute approximate surface area is 112 Å². The fourth-order valence-corrected chi connectivity index (χ4v) is 2.47. The van der Waals surface area contributed by atoms with Gasteiger partial charge in [-0.25, -0.2) is 18.4 Å². The van der Waals surface area contributed by atoms with Crippen molar-refractivity contribution >= 4 is 21.9 Å². The lowest BCUT2D eigenvalue weighted by Crippen LogP contribution is -2.19. The second-order valence-electron chi connectivity index (χ2n) is 4.07. The summed E-state index contributed by atoms with van der Waals surface area (Å²) in [7, 11) is -2.29. The summed E-state index contributed by atoms with van der Waals surface area (Å²) in [5.41, 5.74) is 1.36. The summed E-state index contributed by atoms with van der Waals surface area (Å²) in [5.74, 6) is -0.563. The minimum Gasteiger partial charge on any atom is -0.469 e. The second-order valence-corrected chi connectivity index (χ2v) is 5.92. The van der Waals surface area contributed by atoms with Crippen molar-refractivity contribution in [2.24, 2.45) is 0 Å². The van der Waals surface area contributed by atoms with Crippen molar-refractivity contribution in [2.45, 2.75) is 26.7 Å². The van der Waals surface area contributed by atoms with Crippen LogP contribution < -0.4 is 4.72 Å². The first-order valence-electron chi connectivity index (χ1n) is 5.72. The van der Waals surface area contributed by atoms with E-state index in [2.05, 4.69) is 19.4 Å². The van der Waals surface area contributed by atoms with Crippen LogP contribution in [0.25, 0.3) is 0 Å². The number of ether oxygens (including phenoxy) is 1. The van der Waals surface area contributed by atoms with E-state index in [4.69, 9.17) is 0 Å². The molecule has 0 aliphatic rings. The van der Waals surface area contributed by atoms with E-state index in [1.807, 2.05) is 0 Å². The minimum atomic E-state index is -3.55. The van der Waals surface area contributed by atoms with E-state index >= 15 is 0 Å². The molecule has 0 aliphatic carbocycles. The summed E-state index contributed by atoms with van der Waals surface area (Å²) in [6.45, 7) is 3.51. The highest BCUT2D eigenvalue weighted by molar-refractivity contribution is 7.92. The van der Waals surface area contributed by atoms with Crippen LogP contribution in [0.3, 0.4) is 0 Å². The molecule has 0 amide bonds. The number of hydrogen-bond acceptors (Lipinski definition) is 6. The molecule has 0 radical (unpaired) electrons. The van der Waals surface area contributed by atoms with Gasteiger partial charge in [0.15, 0.2) is 0 Å². The number of aryl methyl sites for hydroxylation is 2. The maximum atomic E-state index is 11.7.